The first-order valence-electron chi connectivity index (χ1n) is 7.51. The summed E-state index contributed by atoms with van der Waals surface area (Å²) in [5.41, 5.74) is 1.54. The van der Waals surface area contributed by atoms with E-state index in [1.807, 2.05) is 0 Å². The zero-order chi connectivity index (χ0) is 16.5. The van der Waals surface area contributed by atoms with Crippen LogP contribution in [0.15, 0.2) is 59.2 Å². The SMILES string of the molecule is O=C(c1ccccc1Cl)c1cc2c(cc1-c1ccco1)OCCO2. The number of benzene rings is 2. The van der Waals surface area contributed by atoms with Gasteiger partial charge in [-0.1, -0.05) is 23.7 Å². The lowest BCUT2D eigenvalue weighted by Gasteiger charge is -2.20. The molecular weight excluding hydrogens is 328 g/mol. The molecule has 1 aliphatic heterocycles. The number of ether oxygens (including phenoxy) is 2. The van der Waals surface area contributed by atoms with Crippen molar-refractivity contribution in [2.45, 2.75) is 0 Å². The van der Waals surface area contributed by atoms with E-state index in [9.17, 15) is 4.79 Å². The van der Waals surface area contributed by atoms with Crippen molar-refractivity contribution >= 4 is 17.4 Å². The quantitative estimate of drug-likeness (QED) is 0.654. The third-order valence-corrected chi connectivity index (χ3v) is 4.16. The molecule has 0 saturated carbocycles. The van der Waals surface area contributed by atoms with Crippen molar-refractivity contribution in [1.29, 1.82) is 0 Å². The van der Waals surface area contributed by atoms with Gasteiger partial charge in [-0.3, -0.25) is 4.79 Å². The summed E-state index contributed by atoms with van der Waals surface area (Å²) in [6, 6.07) is 14.0. The van der Waals surface area contributed by atoms with Crippen LogP contribution in [-0.2, 0) is 0 Å². The van der Waals surface area contributed by atoms with E-state index in [0.29, 0.717) is 52.2 Å². The lowest BCUT2D eigenvalue weighted by atomic mass is 9.96. The Morgan fingerprint density at radius 1 is 0.917 bits per heavy atom. The molecule has 4 rings (SSSR count). The van der Waals surface area contributed by atoms with Gasteiger partial charge in [0.05, 0.1) is 11.3 Å². The predicted octanol–water partition coefficient (Wildman–Crippen LogP) is 4.60. The summed E-state index contributed by atoms with van der Waals surface area (Å²) in [6.07, 6.45) is 1.57. The van der Waals surface area contributed by atoms with E-state index in [1.54, 1.807) is 54.8 Å². The highest BCUT2D eigenvalue weighted by Crippen LogP contribution is 2.39. The second-order valence-corrected chi connectivity index (χ2v) is 5.73. The van der Waals surface area contributed by atoms with Gasteiger partial charge in [0, 0.05) is 16.7 Å². The maximum atomic E-state index is 13.0. The molecule has 0 spiro atoms. The van der Waals surface area contributed by atoms with Gasteiger partial charge in [0.25, 0.3) is 0 Å². The maximum Gasteiger partial charge on any atom is 0.195 e. The van der Waals surface area contributed by atoms with E-state index in [2.05, 4.69) is 0 Å². The van der Waals surface area contributed by atoms with Crippen molar-refractivity contribution in [1.82, 2.24) is 0 Å². The molecule has 0 aliphatic carbocycles. The van der Waals surface area contributed by atoms with Gasteiger partial charge >= 0.3 is 0 Å². The topological polar surface area (TPSA) is 48.7 Å². The smallest absolute Gasteiger partial charge is 0.195 e. The van der Waals surface area contributed by atoms with Crippen LogP contribution >= 0.6 is 11.6 Å². The number of rotatable bonds is 3. The summed E-state index contributed by atoms with van der Waals surface area (Å²) in [6.45, 7) is 0.926. The number of fused-ring (bicyclic) bond motifs is 1. The van der Waals surface area contributed by atoms with Gasteiger partial charge in [0.15, 0.2) is 17.3 Å². The van der Waals surface area contributed by atoms with E-state index in [0.717, 1.165) is 0 Å². The highest BCUT2D eigenvalue weighted by atomic mass is 35.5. The standard InChI is InChI=1S/C19H13ClO4/c20-15-5-2-1-4-12(15)19(21)14-11-18-17(23-8-9-24-18)10-13(14)16-6-3-7-22-16/h1-7,10-11H,8-9H2. The number of carbonyl (C=O) groups is 1. The Morgan fingerprint density at radius 3 is 2.38 bits per heavy atom. The first-order chi connectivity index (χ1) is 11.7. The van der Waals surface area contributed by atoms with Gasteiger partial charge < -0.3 is 13.9 Å². The lowest BCUT2D eigenvalue weighted by molar-refractivity contribution is 0.103. The first kappa shape index (κ1) is 14.8. The average molecular weight is 341 g/mol. The fraction of sp³-hybridized carbons (Fsp3) is 0.105. The molecule has 0 unspecified atom stereocenters. The number of furan rings is 1. The van der Waals surface area contributed by atoms with Gasteiger partial charge in [-0.15, -0.1) is 0 Å². The molecule has 0 radical (unpaired) electrons. The third-order valence-electron chi connectivity index (χ3n) is 3.83. The normalized spacial score (nSPS) is 12.9. The summed E-state index contributed by atoms with van der Waals surface area (Å²) < 4.78 is 16.7. The lowest BCUT2D eigenvalue weighted by Crippen LogP contribution is -2.16. The van der Waals surface area contributed by atoms with Crippen molar-refractivity contribution in [2.24, 2.45) is 0 Å². The Labute approximate surface area is 143 Å². The highest BCUT2D eigenvalue weighted by Gasteiger charge is 2.23. The maximum absolute atomic E-state index is 13.0. The van der Waals surface area contributed by atoms with E-state index in [4.69, 9.17) is 25.5 Å². The average Bonchev–Trinajstić information content (AvgIpc) is 3.15. The molecule has 1 aromatic heterocycles. The number of halogens is 1. The summed E-state index contributed by atoms with van der Waals surface area (Å²) >= 11 is 6.19. The second kappa shape index (κ2) is 6.06. The van der Waals surface area contributed by atoms with Crippen molar-refractivity contribution in [2.75, 3.05) is 13.2 Å². The Morgan fingerprint density at radius 2 is 1.67 bits per heavy atom. The van der Waals surface area contributed by atoms with Crippen LogP contribution in [0.2, 0.25) is 5.02 Å². The minimum absolute atomic E-state index is 0.191. The molecule has 0 saturated heterocycles. The van der Waals surface area contributed by atoms with E-state index in [1.165, 1.54) is 0 Å². The van der Waals surface area contributed by atoms with Crippen LogP contribution in [0, 0.1) is 0 Å². The van der Waals surface area contributed by atoms with Crippen molar-refractivity contribution in [3.05, 3.63) is 70.9 Å². The van der Waals surface area contributed by atoms with Crippen molar-refractivity contribution in [3.8, 4) is 22.8 Å². The summed E-state index contributed by atoms with van der Waals surface area (Å²) in [5.74, 6) is 1.54. The van der Waals surface area contributed by atoms with Gasteiger partial charge in [0.2, 0.25) is 0 Å². The monoisotopic (exact) mass is 340 g/mol. The van der Waals surface area contributed by atoms with Crippen LogP contribution in [0.3, 0.4) is 0 Å². The number of hydrogen-bond acceptors (Lipinski definition) is 4. The zero-order valence-corrected chi connectivity index (χ0v) is 13.4. The summed E-state index contributed by atoms with van der Waals surface area (Å²) in [5, 5.41) is 0.405. The summed E-state index contributed by atoms with van der Waals surface area (Å²) in [7, 11) is 0. The second-order valence-electron chi connectivity index (χ2n) is 5.33. The molecule has 2 aromatic carbocycles. The molecule has 4 nitrogen and oxygen atoms in total. The fourth-order valence-electron chi connectivity index (χ4n) is 2.70. The molecule has 3 aromatic rings. The Bertz CT molecular complexity index is 900. The molecule has 24 heavy (non-hydrogen) atoms. The molecule has 1 aliphatic rings. The predicted molar refractivity (Wildman–Crippen MR) is 90.0 cm³/mol. The zero-order valence-electron chi connectivity index (χ0n) is 12.6. The van der Waals surface area contributed by atoms with Gasteiger partial charge in [-0.05, 0) is 36.4 Å². The Hall–Kier alpha value is -2.72. The molecular formula is C19H13ClO4. The van der Waals surface area contributed by atoms with Gasteiger partial charge in [-0.2, -0.15) is 0 Å². The van der Waals surface area contributed by atoms with E-state index >= 15 is 0 Å². The van der Waals surface area contributed by atoms with E-state index < -0.39 is 0 Å². The molecule has 5 heteroatoms. The van der Waals surface area contributed by atoms with Crippen LogP contribution in [-0.4, -0.2) is 19.0 Å². The molecule has 120 valence electrons. The molecule has 0 atom stereocenters. The van der Waals surface area contributed by atoms with Crippen molar-refractivity contribution in [3.63, 3.8) is 0 Å². The van der Waals surface area contributed by atoms with Crippen LogP contribution in [0.5, 0.6) is 11.5 Å². The van der Waals surface area contributed by atoms with E-state index in [-0.39, 0.29) is 5.78 Å². The number of carbonyl (C=O) groups excluding carboxylic acids is 1. The number of ketones is 1. The molecule has 2 heterocycles. The summed E-state index contributed by atoms with van der Waals surface area (Å²) in [4.78, 5) is 13.0. The van der Waals surface area contributed by atoms with Crippen LogP contribution in [0.1, 0.15) is 15.9 Å². The molecule has 0 bridgehead atoms. The minimum Gasteiger partial charge on any atom is -0.486 e. The Balaban J connectivity index is 1.90. The van der Waals surface area contributed by atoms with Crippen LogP contribution < -0.4 is 9.47 Å². The fourth-order valence-corrected chi connectivity index (χ4v) is 2.92. The Kier molecular flexibility index (Phi) is 3.75. The van der Waals surface area contributed by atoms with Crippen molar-refractivity contribution < 1.29 is 18.7 Å². The molecule has 0 fully saturated rings. The third kappa shape index (κ3) is 2.55. The highest BCUT2D eigenvalue weighted by molar-refractivity contribution is 6.35. The molecule has 0 amide bonds. The van der Waals surface area contributed by atoms with Gasteiger partial charge in [0.1, 0.15) is 19.0 Å². The van der Waals surface area contributed by atoms with Crippen LogP contribution in [0.4, 0.5) is 0 Å². The van der Waals surface area contributed by atoms with Crippen LogP contribution in [0.25, 0.3) is 11.3 Å². The number of hydrogen-bond donors (Lipinski definition) is 0. The largest absolute Gasteiger partial charge is 0.486 e. The minimum atomic E-state index is -0.191. The molecule has 0 N–H and O–H groups in total. The van der Waals surface area contributed by atoms with Gasteiger partial charge in [-0.25, -0.2) is 0 Å². The first-order valence-corrected chi connectivity index (χ1v) is 7.88.